The molecule has 0 bridgehead atoms. The number of aliphatic hydroxyl groups is 1. The largest absolute Gasteiger partial charge is 0.392 e. The van der Waals surface area contributed by atoms with Crippen LogP contribution in [0, 0.1) is 0 Å². The first-order valence-corrected chi connectivity index (χ1v) is 8.34. The van der Waals surface area contributed by atoms with Gasteiger partial charge in [0.25, 0.3) is 0 Å². The molecular weight excluding hydrogens is 252 g/mol. The van der Waals surface area contributed by atoms with Crippen molar-refractivity contribution >= 4 is 11.8 Å². The van der Waals surface area contributed by atoms with Gasteiger partial charge < -0.3 is 5.11 Å². The molecule has 0 amide bonds. The molecule has 0 radical (unpaired) electrons. The normalized spacial score (nSPS) is 20.9. The summed E-state index contributed by atoms with van der Waals surface area (Å²) in [6.45, 7) is 6.63. The van der Waals surface area contributed by atoms with Gasteiger partial charge in [-0.15, -0.1) is 0 Å². The Bertz CT molecular complexity index is 408. The van der Waals surface area contributed by atoms with Crippen LogP contribution in [-0.4, -0.2) is 21.7 Å². The van der Waals surface area contributed by atoms with Gasteiger partial charge in [-0.05, 0) is 42.7 Å². The van der Waals surface area contributed by atoms with Gasteiger partial charge in [-0.3, -0.25) is 0 Å². The average Bonchev–Trinajstić information content (AvgIpc) is 2.36. The van der Waals surface area contributed by atoms with Crippen molar-refractivity contribution in [3.63, 3.8) is 0 Å². The summed E-state index contributed by atoms with van der Waals surface area (Å²) in [6.07, 6.45) is 4.44. The van der Waals surface area contributed by atoms with Crippen molar-refractivity contribution in [3.8, 4) is 0 Å². The van der Waals surface area contributed by atoms with Crippen LogP contribution in [0.3, 0.4) is 0 Å². The standard InChI is InChI=1S/C17H26OS/c1-17(2,3)19-12-15(18)11-14-9-6-8-13-7-4-5-10-16(13)14/h4-5,7,10,14-15,18H,6,8-9,11-12H2,1-3H3. The number of aliphatic hydroxyl groups excluding tert-OH is 1. The molecule has 2 unspecified atom stereocenters. The lowest BCUT2D eigenvalue weighted by molar-refractivity contribution is 0.175. The number of hydrogen-bond acceptors (Lipinski definition) is 2. The molecule has 0 heterocycles. The minimum Gasteiger partial charge on any atom is -0.392 e. The Labute approximate surface area is 121 Å². The van der Waals surface area contributed by atoms with E-state index in [1.54, 1.807) is 0 Å². The van der Waals surface area contributed by atoms with E-state index < -0.39 is 0 Å². The fourth-order valence-electron chi connectivity index (χ4n) is 2.84. The summed E-state index contributed by atoms with van der Waals surface area (Å²) in [6, 6.07) is 8.76. The van der Waals surface area contributed by atoms with E-state index >= 15 is 0 Å². The number of aryl methyl sites for hydroxylation is 1. The van der Waals surface area contributed by atoms with Crippen molar-refractivity contribution in [2.24, 2.45) is 0 Å². The monoisotopic (exact) mass is 278 g/mol. The summed E-state index contributed by atoms with van der Waals surface area (Å²) >= 11 is 1.86. The van der Waals surface area contributed by atoms with Gasteiger partial charge in [-0.1, -0.05) is 45.0 Å². The Morgan fingerprint density at radius 3 is 2.79 bits per heavy atom. The third-order valence-corrected chi connectivity index (χ3v) is 5.18. The third kappa shape index (κ3) is 4.54. The van der Waals surface area contributed by atoms with Gasteiger partial charge in [0.1, 0.15) is 0 Å². The Balaban J connectivity index is 1.93. The van der Waals surface area contributed by atoms with E-state index in [2.05, 4.69) is 45.0 Å². The van der Waals surface area contributed by atoms with Crippen LogP contribution >= 0.6 is 11.8 Å². The highest BCUT2D eigenvalue weighted by Crippen LogP contribution is 2.35. The SMILES string of the molecule is CC(C)(C)SCC(O)CC1CCCc2ccccc21. The predicted octanol–water partition coefficient (Wildman–Crippen LogP) is 4.39. The lowest BCUT2D eigenvalue weighted by Crippen LogP contribution is -2.21. The molecule has 0 spiro atoms. The highest BCUT2D eigenvalue weighted by atomic mass is 32.2. The molecule has 1 aromatic carbocycles. The second kappa shape index (κ2) is 6.32. The van der Waals surface area contributed by atoms with Gasteiger partial charge in [0.15, 0.2) is 0 Å². The Morgan fingerprint density at radius 1 is 1.32 bits per heavy atom. The smallest absolute Gasteiger partial charge is 0.0636 e. The minimum absolute atomic E-state index is 0.180. The zero-order valence-corrected chi connectivity index (χ0v) is 13.2. The van der Waals surface area contributed by atoms with Gasteiger partial charge in [0.05, 0.1) is 6.10 Å². The molecule has 0 saturated carbocycles. The fraction of sp³-hybridized carbons (Fsp3) is 0.647. The zero-order valence-electron chi connectivity index (χ0n) is 12.4. The van der Waals surface area contributed by atoms with Crippen LogP contribution in [0.4, 0.5) is 0 Å². The molecule has 19 heavy (non-hydrogen) atoms. The minimum atomic E-state index is -0.180. The zero-order chi connectivity index (χ0) is 13.9. The van der Waals surface area contributed by atoms with Crippen molar-refractivity contribution in [2.45, 2.75) is 63.2 Å². The molecule has 1 aliphatic carbocycles. The van der Waals surface area contributed by atoms with Gasteiger partial charge >= 0.3 is 0 Å². The molecule has 1 aliphatic rings. The maximum atomic E-state index is 10.3. The lowest BCUT2D eigenvalue weighted by atomic mass is 9.80. The first kappa shape index (κ1) is 14.9. The summed E-state index contributed by atoms with van der Waals surface area (Å²) in [5.41, 5.74) is 2.97. The molecule has 2 rings (SSSR count). The van der Waals surface area contributed by atoms with Crippen molar-refractivity contribution in [1.29, 1.82) is 0 Å². The maximum Gasteiger partial charge on any atom is 0.0636 e. The molecule has 1 aromatic rings. The second-order valence-electron chi connectivity index (χ2n) is 6.60. The van der Waals surface area contributed by atoms with E-state index in [4.69, 9.17) is 0 Å². The summed E-state index contributed by atoms with van der Waals surface area (Å²) in [5, 5.41) is 10.3. The second-order valence-corrected chi connectivity index (χ2v) is 8.45. The van der Waals surface area contributed by atoms with Gasteiger partial charge in [-0.25, -0.2) is 0 Å². The quantitative estimate of drug-likeness (QED) is 0.881. The van der Waals surface area contributed by atoms with Crippen LogP contribution < -0.4 is 0 Å². The summed E-state index contributed by atoms with van der Waals surface area (Å²) in [7, 11) is 0. The molecule has 0 aliphatic heterocycles. The third-order valence-electron chi connectivity index (χ3n) is 3.76. The Hall–Kier alpha value is -0.470. The summed E-state index contributed by atoms with van der Waals surface area (Å²) < 4.78 is 0.242. The van der Waals surface area contributed by atoms with Gasteiger partial charge in [0, 0.05) is 10.5 Å². The number of fused-ring (bicyclic) bond motifs is 1. The highest BCUT2D eigenvalue weighted by Gasteiger charge is 2.23. The van der Waals surface area contributed by atoms with Crippen molar-refractivity contribution < 1.29 is 5.11 Å². The highest BCUT2D eigenvalue weighted by molar-refractivity contribution is 8.00. The van der Waals surface area contributed by atoms with E-state index in [9.17, 15) is 5.11 Å². The molecule has 1 N–H and O–H groups in total. The number of benzene rings is 1. The number of hydrogen-bond donors (Lipinski definition) is 1. The summed E-state index contributed by atoms with van der Waals surface area (Å²) in [4.78, 5) is 0. The van der Waals surface area contributed by atoms with Crippen LogP contribution in [0.25, 0.3) is 0 Å². The van der Waals surface area contributed by atoms with Crippen molar-refractivity contribution in [2.75, 3.05) is 5.75 Å². The van der Waals surface area contributed by atoms with Crippen LogP contribution in [0.2, 0.25) is 0 Å². The predicted molar refractivity (Wildman–Crippen MR) is 85.0 cm³/mol. The Kier molecular flexibility index (Phi) is 4.97. The topological polar surface area (TPSA) is 20.2 Å². The molecule has 0 saturated heterocycles. The van der Waals surface area contributed by atoms with Gasteiger partial charge in [-0.2, -0.15) is 11.8 Å². The first-order valence-electron chi connectivity index (χ1n) is 7.35. The molecule has 1 nitrogen and oxygen atoms in total. The molecular formula is C17H26OS. The van der Waals surface area contributed by atoms with Gasteiger partial charge in [0.2, 0.25) is 0 Å². The van der Waals surface area contributed by atoms with E-state index in [1.807, 2.05) is 11.8 Å². The fourth-order valence-corrected chi connectivity index (χ4v) is 3.67. The number of rotatable bonds is 4. The first-order chi connectivity index (χ1) is 8.96. The lowest BCUT2D eigenvalue weighted by Gasteiger charge is -2.28. The molecule has 0 aromatic heterocycles. The molecule has 2 heteroatoms. The van der Waals surface area contributed by atoms with Crippen molar-refractivity contribution in [1.82, 2.24) is 0 Å². The van der Waals surface area contributed by atoms with Crippen LogP contribution in [0.5, 0.6) is 0 Å². The van der Waals surface area contributed by atoms with E-state index in [-0.39, 0.29) is 10.9 Å². The van der Waals surface area contributed by atoms with Crippen LogP contribution in [0.15, 0.2) is 24.3 Å². The molecule has 106 valence electrons. The molecule has 0 fully saturated rings. The average molecular weight is 278 g/mol. The van der Waals surface area contributed by atoms with Crippen LogP contribution in [0.1, 0.15) is 57.1 Å². The van der Waals surface area contributed by atoms with E-state index in [0.717, 1.165) is 12.2 Å². The number of thioether (sulfide) groups is 1. The van der Waals surface area contributed by atoms with Crippen molar-refractivity contribution in [3.05, 3.63) is 35.4 Å². The van der Waals surface area contributed by atoms with E-state index in [1.165, 1.54) is 30.4 Å². The van der Waals surface area contributed by atoms with Crippen LogP contribution in [-0.2, 0) is 6.42 Å². The van der Waals surface area contributed by atoms with E-state index in [0.29, 0.717) is 5.92 Å². The maximum absolute atomic E-state index is 10.3. The molecule has 2 atom stereocenters. The summed E-state index contributed by atoms with van der Waals surface area (Å²) in [5.74, 6) is 1.41. The Morgan fingerprint density at radius 2 is 2.05 bits per heavy atom.